The highest BCUT2D eigenvalue weighted by molar-refractivity contribution is 5.92. The summed E-state index contributed by atoms with van der Waals surface area (Å²) in [6, 6.07) is 6.29. The first-order chi connectivity index (χ1) is 9.13. The second-order valence-electron chi connectivity index (χ2n) is 5.48. The van der Waals surface area contributed by atoms with E-state index >= 15 is 0 Å². The monoisotopic (exact) mass is 261 g/mol. The number of methoxy groups -OCH3 is 1. The molecule has 1 aliphatic rings. The standard InChI is InChI=1S/C16H23NO2/c1-11-7-4-5-9-14(11)17-15-10-6-8-13(12(15)2)16(18)19-3/h6,8,10-11,14,17H,4-5,7,9H2,1-3H3. The Morgan fingerprint density at radius 2 is 2.05 bits per heavy atom. The van der Waals surface area contributed by atoms with Gasteiger partial charge >= 0.3 is 5.97 Å². The summed E-state index contributed by atoms with van der Waals surface area (Å²) in [4.78, 5) is 11.7. The van der Waals surface area contributed by atoms with E-state index in [2.05, 4.69) is 12.2 Å². The van der Waals surface area contributed by atoms with Crippen molar-refractivity contribution in [1.29, 1.82) is 0 Å². The first-order valence-electron chi connectivity index (χ1n) is 7.08. The predicted octanol–water partition coefficient (Wildman–Crippen LogP) is 3.77. The molecule has 3 nitrogen and oxygen atoms in total. The van der Waals surface area contributed by atoms with Crippen LogP contribution in [-0.2, 0) is 4.74 Å². The summed E-state index contributed by atoms with van der Waals surface area (Å²) in [6.07, 6.45) is 5.12. The average molecular weight is 261 g/mol. The number of rotatable bonds is 3. The number of esters is 1. The van der Waals surface area contributed by atoms with E-state index in [1.165, 1.54) is 32.8 Å². The van der Waals surface area contributed by atoms with Gasteiger partial charge in [-0.1, -0.05) is 25.8 Å². The summed E-state index contributed by atoms with van der Waals surface area (Å²) in [5, 5.41) is 3.61. The minimum absolute atomic E-state index is 0.266. The Kier molecular flexibility index (Phi) is 4.46. The van der Waals surface area contributed by atoms with Crippen LogP contribution in [0.4, 0.5) is 5.69 Å². The topological polar surface area (TPSA) is 38.3 Å². The van der Waals surface area contributed by atoms with E-state index in [1.807, 2.05) is 25.1 Å². The number of ether oxygens (including phenoxy) is 1. The third-order valence-corrected chi connectivity index (χ3v) is 4.19. The number of hydrogen-bond acceptors (Lipinski definition) is 3. The highest BCUT2D eigenvalue weighted by Crippen LogP contribution is 2.28. The zero-order valence-corrected chi connectivity index (χ0v) is 12.0. The van der Waals surface area contributed by atoms with Crippen LogP contribution in [0.5, 0.6) is 0 Å². The molecule has 0 amide bonds. The summed E-state index contributed by atoms with van der Waals surface area (Å²) in [7, 11) is 1.42. The third-order valence-electron chi connectivity index (χ3n) is 4.19. The van der Waals surface area contributed by atoms with Crippen LogP contribution in [0.3, 0.4) is 0 Å². The SMILES string of the molecule is COC(=O)c1cccc(NC2CCCCC2C)c1C. The first-order valence-corrected chi connectivity index (χ1v) is 7.08. The van der Waals surface area contributed by atoms with Gasteiger partial charge in [0, 0.05) is 11.7 Å². The smallest absolute Gasteiger partial charge is 0.338 e. The number of benzene rings is 1. The summed E-state index contributed by atoms with van der Waals surface area (Å²) < 4.78 is 4.82. The number of hydrogen-bond donors (Lipinski definition) is 1. The fraction of sp³-hybridized carbons (Fsp3) is 0.562. The Labute approximate surface area is 115 Å². The number of carbonyl (C=O) groups is 1. The summed E-state index contributed by atoms with van der Waals surface area (Å²) in [5.74, 6) is 0.424. The van der Waals surface area contributed by atoms with E-state index < -0.39 is 0 Å². The average Bonchev–Trinajstić information content (AvgIpc) is 2.42. The Bertz CT molecular complexity index is 456. The maximum Gasteiger partial charge on any atom is 0.338 e. The third kappa shape index (κ3) is 3.09. The molecule has 19 heavy (non-hydrogen) atoms. The van der Waals surface area contributed by atoms with Gasteiger partial charge in [-0.2, -0.15) is 0 Å². The molecule has 1 fully saturated rings. The molecular formula is C16H23NO2. The summed E-state index contributed by atoms with van der Waals surface area (Å²) in [5.41, 5.74) is 2.68. The normalized spacial score (nSPS) is 22.9. The van der Waals surface area contributed by atoms with Gasteiger partial charge in [0.1, 0.15) is 0 Å². The largest absolute Gasteiger partial charge is 0.465 e. The van der Waals surface area contributed by atoms with Crippen molar-refractivity contribution >= 4 is 11.7 Å². The zero-order valence-electron chi connectivity index (χ0n) is 12.0. The summed E-state index contributed by atoms with van der Waals surface area (Å²) >= 11 is 0. The van der Waals surface area contributed by atoms with Crippen LogP contribution in [0.25, 0.3) is 0 Å². The zero-order chi connectivity index (χ0) is 13.8. The molecule has 1 aliphatic carbocycles. The molecule has 0 aromatic heterocycles. The molecule has 1 saturated carbocycles. The van der Waals surface area contributed by atoms with Crippen molar-refractivity contribution in [3.05, 3.63) is 29.3 Å². The second kappa shape index (κ2) is 6.09. The molecule has 2 rings (SSSR count). The maximum absolute atomic E-state index is 11.7. The molecule has 2 atom stereocenters. The van der Waals surface area contributed by atoms with Crippen LogP contribution >= 0.6 is 0 Å². The molecule has 0 bridgehead atoms. The highest BCUT2D eigenvalue weighted by Gasteiger charge is 2.22. The molecule has 1 aromatic carbocycles. The van der Waals surface area contributed by atoms with Gasteiger partial charge < -0.3 is 10.1 Å². The fourth-order valence-corrected chi connectivity index (χ4v) is 2.85. The highest BCUT2D eigenvalue weighted by atomic mass is 16.5. The van der Waals surface area contributed by atoms with Crippen molar-refractivity contribution in [2.24, 2.45) is 5.92 Å². The molecule has 1 N–H and O–H groups in total. The molecule has 1 aromatic rings. The summed E-state index contributed by atoms with van der Waals surface area (Å²) in [6.45, 7) is 4.28. The Balaban J connectivity index is 2.18. The quantitative estimate of drug-likeness (QED) is 0.842. The molecule has 2 unspecified atom stereocenters. The van der Waals surface area contributed by atoms with Gasteiger partial charge in [0.25, 0.3) is 0 Å². The number of carbonyl (C=O) groups excluding carboxylic acids is 1. The van der Waals surface area contributed by atoms with Crippen molar-refractivity contribution in [1.82, 2.24) is 0 Å². The van der Waals surface area contributed by atoms with E-state index in [0.29, 0.717) is 17.5 Å². The van der Waals surface area contributed by atoms with E-state index in [1.54, 1.807) is 0 Å². The molecule has 3 heteroatoms. The van der Waals surface area contributed by atoms with Gasteiger partial charge in [0.05, 0.1) is 12.7 Å². The number of anilines is 1. The van der Waals surface area contributed by atoms with Gasteiger partial charge in [-0.05, 0) is 43.4 Å². The van der Waals surface area contributed by atoms with Gasteiger partial charge in [-0.15, -0.1) is 0 Å². The van der Waals surface area contributed by atoms with Crippen molar-refractivity contribution in [3.8, 4) is 0 Å². The maximum atomic E-state index is 11.7. The van der Waals surface area contributed by atoms with Gasteiger partial charge in [0.15, 0.2) is 0 Å². The fourth-order valence-electron chi connectivity index (χ4n) is 2.85. The predicted molar refractivity (Wildman–Crippen MR) is 77.6 cm³/mol. The molecular weight excluding hydrogens is 238 g/mol. The second-order valence-corrected chi connectivity index (χ2v) is 5.48. The Hall–Kier alpha value is -1.51. The molecule has 0 aliphatic heterocycles. The van der Waals surface area contributed by atoms with E-state index in [0.717, 1.165) is 11.3 Å². The van der Waals surface area contributed by atoms with Crippen molar-refractivity contribution in [3.63, 3.8) is 0 Å². The molecule has 0 radical (unpaired) electrons. The van der Waals surface area contributed by atoms with Crippen molar-refractivity contribution in [2.45, 2.75) is 45.6 Å². The molecule has 104 valence electrons. The van der Waals surface area contributed by atoms with Gasteiger partial charge in [-0.25, -0.2) is 4.79 Å². The van der Waals surface area contributed by atoms with Gasteiger partial charge in [-0.3, -0.25) is 0 Å². The lowest BCUT2D eigenvalue weighted by Gasteiger charge is -2.31. The lowest BCUT2D eigenvalue weighted by molar-refractivity contribution is 0.0600. The Morgan fingerprint density at radius 1 is 1.32 bits per heavy atom. The van der Waals surface area contributed by atoms with Crippen LogP contribution in [0.2, 0.25) is 0 Å². The van der Waals surface area contributed by atoms with Crippen LogP contribution in [0.1, 0.15) is 48.5 Å². The van der Waals surface area contributed by atoms with Crippen LogP contribution in [-0.4, -0.2) is 19.1 Å². The molecule has 0 saturated heterocycles. The van der Waals surface area contributed by atoms with Crippen molar-refractivity contribution in [2.75, 3.05) is 12.4 Å². The molecule has 0 spiro atoms. The van der Waals surface area contributed by atoms with E-state index in [9.17, 15) is 4.79 Å². The van der Waals surface area contributed by atoms with Crippen LogP contribution in [0, 0.1) is 12.8 Å². The van der Waals surface area contributed by atoms with Crippen molar-refractivity contribution < 1.29 is 9.53 Å². The lowest BCUT2D eigenvalue weighted by atomic mass is 9.85. The lowest BCUT2D eigenvalue weighted by Crippen LogP contribution is -2.30. The number of nitrogens with one attached hydrogen (secondary N) is 1. The minimum atomic E-state index is -0.266. The minimum Gasteiger partial charge on any atom is -0.465 e. The van der Waals surface area contributed by atoms with E-state index in [4.69, 9.17) is 4.74 Å². The Morgan fingerprint density at radius 3 is 2.74 bits per heavy atom. The van der Waals surface area contributed by atoms with E-state index in [-0.39, 0.29) is 5.97 Å². The first kappa shape index (κ1) is 13.9. The van der Waals surface area contributed by atoms with Crippen LogP contribution < -0.4 is 5.32 Å². The van der Waals surface area contributed by atoms with Gasteiger partial charge in [0.2, 0.25) is 0 Å². The van der Waals surface area contributed by atoms with Crippen LogP contribution in [0.15, 0.2) is 18.2 Å². The molecule has 0 heterocycles.